The second-order valence-corrected chi connectivity index (χ2v) is 16.8. The van der Waals surface area contributed by atoms with Gasteiger partial charge in [0.15, 0.2) is 0 Å². The fourth-order valence-electron chi connectivity index (χ4n) is 5.82. The number of rotatable bonds is 19. The van der Waals surface area contributed by atoms with Crippen LogP contribution in [0.15, 0.2) is 97.1 Å². The first-order valence-electron chi connectivity index (χ1n) is 19.2. The van der Waals surface area contributed by atoms with Gasteiger partial charge in [-0.05, 0) is 92.8 Å². The van der Waals surface area contributed by atoms with Crippen LogP contribution in [0.2, 0.25) is 5.02 Å². The van der Waals surface area contributed by atoms with Gasteiger partial charge in [0.1, 0.15) is 35.6 Å². The lowest BCUT2D eigenvalue weighted by Gasteiger charge is -2.21. The molecule has 59 heavy (non-hydrogen) atoms. The number of unbranched alkanes of at least 4 members (excludes halogenated alkanes) is 3. The van der Waals surface area contributed by atoms with Crippen LogP contribution in [0.1, 0.15) is 84.8 Å². The summed E-state index contributed by atoms with van der Waals surface area (Å²) in [6, 6.07) is 25.6. The van der Waals surface area contributed by atoms with E-state index >= 15 is 0 Å². The van der Waals surface area contributed by atoms with Gasteiger partial charge in [-0.2, -0.15) is 0 Å². The number of halogens is 2. The minimum atomic E-state index is -4.57. The summed E-state index contributed by atoms with van der Waals surface area (Å²) in [6.45, 7) is 6.47. The van der Waals surface area contributed by atoms with E-state index in [0.717, 1.165) is 30.9 Å². The van der Waals surface area contributed by atoms with E-state index in [-0.39, 0.29) is 30.2 Å². The molecule has 0 heterocycles. The van der Waals surface area contributed by atoms with Crippen molar-refractivity contribution >= 4 is 37.1 Å². The lowest BCUT2D eigenvalue weighted by Crippen LogP contribution is -2.48. The molecule has 0 aromatic heterocycles. The van der Waals surface area contributed by atoms with Crippen molar-refractivity contribution in [2.75, 3.05) is 19.7 Å². The molecule has 0 radical (unpaired) electrons. The van der Waals surface area contributed by atoms with Crippen LogP contribution in [0, 0.1) is 17.7 Å². The predicted octanol–water partition coefficient (Wildman–Crippen LogP) is 7.42. The molecule has 15 heteroatoms. The minimum absolute atomic E-state index is 0.0206. The second kappa shape index (κ2) is 22.8. The predicted molar refractivity (Wildman–Crippen MR) is 225 cm³/mol. The maximum atomic E-state index is 13.8. The highest BCUT2D eigenvalue weighted by Gasteiger charge is 2.30. The van der Waals surface area contributed by atoms with Gasteiger partial charge in [-0.3, -0.25) is 19.5 Å². The normalized spacial score (nSPS) is 12.3. The molecule has 0 aliphatic carbocycles. The molecular weight excluding hydrogens is 798 g/mol. The Morgan fingerprint density at radius 3 is 2.24 bits per heavy atom. The Balaban J connectivity index is 1.34. The smallest absolute Gasteiger partial charge is 0.407 e. The number of benzene rings is 4. The van der Waals surface area contributed by atoms with Crippen molar-refractivity contribution in [3.05, 3.63) is 136 Å². The number of carbonyl (C=O) groups excluding carboxylic acids is 3. The molecule has 2 atom stereocenters. The molecule has 12 nitrogen and oxygen atoms in total. The summed E-state index contributed by atoms with van der Waals surface area (Å²) in [5.74, 6) is 3.46. The van der Waals surface area contributed by atoms with Crippen LogP contribution in [0.5, 0.6) is 5.75 Å². The molecule has 0 fully saturated rings. The molecule has 0 saturated carbocycles. The number of amides is 3. The van der Waals surface area contributed by atoms with Crippen molar-refractivity contribution in [1.29, 1.82) is 0 Å². The molecule has 6 N–H and O–H groups in total. The van der Waals surface area contributed by atoms with E-state index in [2.05, 4.69) is 33.1 Å². The van der Waals surface area contributed by atoms with Crippen molar-refractivity contribution in [1.82, 2.24) is 21.3 Å². The van der Waals surface area contributed by atoms with Gasteiger partial charge in [0.2, 0.25) is 5.91 Å². The van der Waals surface area contributed by atoms with E-state index < -0.39 is 48.7 Å². The summed E-state index contributed by atoms with van der Waals surface area (Å²) < 4.78 is 37.2. The van der Waals surface area contributed by atoms with Crippen molar-refractivity contribution < 1.29 is 42.6 Å². The Labute approximate surface area is 349 Å². The van der Waals surface area contributed by atoms with E-state index in [1.807, 2.05) is 36.4 Å². The molecule has 0 saturated heterocycles. The van der Waals surface area contributed by atoms with Gasteiger partial charge in [-0.15, -0.1) is 0 Å². The number of hydrogen-bond donors (Lipinski definition) is 6. The number of ether oxygens (including phenoxy) is 2. The molecule has 0 spiro atoms. The van der Waals surface area contributed by atoms with Crippen molar-refractivity contribution in [3.63, 3.8) is 0 Å². The van der Waals surface area contributed by atoms with Crippen molar-refractivity contribution in [2.45, 2.75) is 76.8 Å². The van der Waals surface area contributed by atoms with Gasteiger partial charge in [-0.25, -0.2) is 9.18 Å². The molecule has 4 aromatic rings. The van der Waals surface area contributed by atoms with Crippen molar-refractivity contribution in [2.24, 2.45) is 0 Å². The third-order valence-electron chi connectivity index (χ3n) is 8.64. The maximum absolute atomic E-state index is 13.8. The molecular formula is C44H51ClFN4O8P. The first-order valence-corrected chi connectivity index (χ1v) is 21.3. The Morgan fingerprint density at radius 2 is 1.54 bits per heavy atom. The van der Waals surface area contributed by atoms with E-state index in [4.69, 9.17) is 21.1 Å². The second-order valence-electron chi connectivity index (χ2n) is 14.7. The van der Waals surface area contributed by atoms with E-state index in [1.165, 1.54) is 12.1 Å². The summed E-state index contributed by atoms with van der Waals surface area (Å²) in [7, 11) is -4.57. The Bertz CT molecular complexity index is 2130. The lowest BCUT2D eigenvalue weighted by molar-refractivity contribution is -0.122. The maximum Gasteiger partial charge on any atom is 0.407 e. The van der Waals surface area contributed by atoms with Gasteiger partial charge in [0.05, 0.1) is 5.02 Å². The van der Waals surface area contributed by atoms with Gasteiger partial charge in [0.25, 0.3) is 5.91 Å². The number of alkyl carbamates (subject to hydrolysis) is 1. The van der Waals surface area contributed by atoms with E-state index in [0.29, 0.717) is 42.0 Å². The van der Waals surface area contributed by atoms with Crippen LogP contribution in [0.25, 0.3) is 0 Å². The van der Waals surface area contributed by atoms with E-state index in [9.17, 15) is 33.1 Å². The standard InChI is InChI=1S/C44H51ClFN4O8P/c1-44(2,3)58-43(53)48-24-10-5-4-9-23-47-41(52)39(50-40(51)34-21-22-38(46)37(45)29-34)27-33-17-11-16-31(26-33)18-13-25-57-36-20-12-19-35(28-36)42(59(54,55)56)49-30-32-14-7-6-8-15-32/h6-8,11-12,14-17,19-22,26,28-29,39,42,49H,4-5,9-10,23-25,27,30H2,1-3H3,(H,47,52)(H,48,53)(H,50,51)(H2,54,55,56). The summed E-state index contributed by atoms with van der Waals surface area (Å²) in [6.07, 6.45) is 2.72. The fourth-order valence-corrected chi connectivity index (χ4v) is 6.87. The molecule has 0 aliphatic heterocycles. The van der Waals surface area contributed by atoms with Crippen molar-refractivity contribution in [3.8, 4) is 17.6 Å². The van der Waals surface area contributed by atoms with Gasteiger partial charge in [-0.1, -0.05) is 90.9 Å². The number of nitrogens with one attached hydrogen (secondary N) is 4. The summed E-state index contributed by atoms with van der Waals surface area (Å²) >= 11 is 5.91. The van der Waals surface area contributed by atoms with Crippen LogP contribution in [0.4, 0.5) is 9.18 Å². The molecule has 314 valence electrons. The summed E-state index contributed by atoms with van der Waals surface area (Å²) in [5, 5.41) is 11.1. The summed E-state index contributed by atoms with van der Waals surface area (Å²) in [5.41, 5.74) is 2.12. The van der Waals surface area contributed by atoms with Crippen LogP contribution in [-0.4, -0.2) is 59.0 Å². The monoisotopic (exact) mass is 848 g/mol. The molecule has 4 aromatic carbocycles. The number of hydrogen-bond acceptors (Lipinski definition) is 7. The highest BCUT2D eigenvalue weighted by Crippen LogP contribution is 2.50. The topological polar surface area (TPSA) is 175 Å². The molecule has 4 rings (SSSR count). The van der Waals surface area contributed by atoms with Gasteiger partial charge >= 0.3 is 13.7 Å². The highest BCUT2D eigenvalue weighted by atomic mass is 35.5. The first kappa shape index (κ1) is 46.5. The zero-order valence-electron chi connectivity index (χ0n) is 33.3. The minimum Gasteiger partial charge on any atom is -0.481 e. The fraction of sp³-hybridized carbons (Fsp3) is 0.341. The van der Waals surface area contributed by atoms with Gasteiger partial charge in [0, 0.05) is 37.2 Å². The molecule has 0 bridgehead atoms. The lowest BCUT2D eigenvalue weighted by atomic mass is 10.0. The first-order chi connectivity index (χ1) is 28.1. The zero-order chi connectivity index (χ0) is 42.8. The molecule has 2 unspecified atom stereocenters. The average molecular weight is 849 g/mol. The van der Waals surface area contributed by atoms with Crippen LogP contribution in [-0.2, 0) is 27.1 Å². The van der Waals surface area contributed by atoms with Gasteiger partial charge < -0.3 is 35.2 Å². The quantitative estimate of drug-likeness (QED) is 0.0319. The number of carbonyl (C=O) groups is 3. The van der Waals surface area contributed by atoms with Crippen LogP contribution >= 0.6 is 19.2 Å². The SMILES string of the molecule is CC(C)(C)OC(=O)NCCCCCCNC(=O)C(Cc1cccc(C#CCOc2cccc(C(NCc3ccccc3)P(=O)(O)O)c2)c1)NC(=O)c1ccc(F)c(Cl)c1. The molecule has 3 amide bonds. The Hall–Kier alpha value is -5.22. The average Bonchev–Trinajstić information content (AvgIpc) is 3.18. The van der Waals surface area contributed by atoms with E-state index in [1.54, 1.807) is 63.2 Å². The summed E-state index contributed by atoms with van der Waals surface area (Å²) in [4.78, 5) is 58.6. The highest BCUT2D eigenvalue weighted by molar-refractivity contribution is 7.52. The van der Waals surface area contributed by atoms with Crippen LogP contribution < -0.4 is 26.0 Å². The largest absolute Gasteiger partial charge is 0.481 e. The third-order valence-corrected chi connectivity index (χ3v) is 10.1. The Morgan fingerprint density at radius 1 is 0.847 bits per heavy atom. The third kappa shape index (κ3) is 16.9. The molecule has 0 aliphatic rings. The zero-order valence-corrected chi connectivity index (χ0v) is 35.0. The van der Waals surface area contributed by atoms with Crippen LogP contribution in [0.3, 0.4) is 0 Å². The Kier molecular flexibility index (Phi) is 18.0.